The highest BCUT2D eigenvalue weighted by Gasteiger charge is 2.35. The zero-order chi connectivity index (χ0) is 11.6. The van der Waals surface area contributed by atoms with Gasteiger partial charge >= 0.3 is 0 Å². The van der Waals surface area contributed by atoms with Crippen LogP contribution in [0.3, 0.4) is 0 Å². The Hall–Kier alpha value is -0.860. The van der Waals surface area contributed by atoms with E-state index in [9.17, 15) is 0 Å². The largest absolute Gasteiger partial charge is 0.303 e. The number of rotatable bonds is 3. The van der Waals surface area contributed by atoms with Crippen molar-refractivity contribution in [1.29, 1.82) is 0 Å². The molecular weight excluding hydrogens is 196 g/mol. The van der Waals surface area contributed by atoms with Gasteiger partial charge in [-0.05, 0) is 33.0 Å². The maximum absolute atomic E-state index is 2.55. The Morgan fingerprint density at radius 3 is 2.50 bits per heavy atom. The van der Waals surface area contributed by atoms with Gasteiger partial charge in [-0.2, -0.15) is 0 Å². The summed E-state index contributed by atoms with van der Waals surface area (Å²) in [4.78, 5) is 4.91. The SMILES string of the molecule is CN(C)C1(C)CCN(Cc2ccccc2)C1. The number of likely N-dealkylation sites (tertiary alicyclic amines) is 1. The molecule has 0 amide bonds. The first-order chi connectivity index (χ1) is 7.60. The van der Waals surface area contributed by atoms with Gasteiger partial charge in [-0.25, -0.2) is 0 Å². The lowest BCUT2D eigenvalue weighted by molar-refractivity contribution is 0.171. The maximum Gasteiger partial charge on any atom is 0.0314 e. The number of likely N-dealkylation sites (N-methyl/N-ethyl adjacent to an activating group) is 1. The number of hydrogen-bond acceptors (Lipinski definition) is 2. The highest BCUT2D eigenvalue weighted by atomic mass is 15.3. The van der Waals surface area contributed by atoms with E-state index in [0.717, 1.165) is 6.54 Å². The lowest BCUT2D eigenvalue weighted by atomic mass is 10.0. The Labute approximate surface area is 98.9 Å². The molecule has 0 aliphatic carbocycles. The molecule has 1 heterocycles. The van der Waals surface area contributed by atoms with Crippen molar-refractivity contribution in [2.24, 2.45) is 0 Å². The van der Waals surface area contributed by atoms with Gasteiger partial charge in [0.1, 0.15) is 0 Å². The van der Waals surface area contributed by atoms with Crippen LogP contribution in [0.25, 0.3) is 0 Å². The summed E-state index contributed by atoms with van der Waals surface area (Å²) >= 11 is 0. The Bertz CT molecular complexity index is 334. The molecule has 0 saturated carbocycles. The predicted molar refractivity (Wildman–Crippen MR) is 68.4 cm³/mol. The van der Waals surface area contributed by atoms with Crippen molar-refractivity contribution in [3.05, 3.63) is 35.9 Å². The second-order valence-corrected chi connectivity index (χ2v) is 5.34. The molecule has 1 aromatic carbocycles. The minimum Gasteiger partial charge on any atom is -0.303 e. The quantitative estimate of drug-likeness (QED) is 0.767. The number of nitrogens with zero attached hydrogens (tertiary/aromatic N) is 2. The zero-order valence-electron chi connectivity index (χ0n) is 10.6. The molecule has 0 radical (unpaired) electrons. The summed E-state index contributed by atoms with van der Waals surface area (Å²) in [5.74, 6) is 0. The van der Waals surface area contributed by atoms with Crippen LogP contribution in [0, 0.1) is 0 Å². The van der Waals surface area contributed by atoms with Crippen molar-refractivity contribution >= 4 is 0 Å². The van der Waals surface area contributed by atoms with Crippen LogP contribution in [0.5, 0.6) is 0 Å². The first-order valence-corrected chi connectivity index (χ1v) is 6.04. The third-order valence-electron chi connectivity index (χ3n) is 3.86. The summed E-state index contributed by atoms with van der Waals surface area (Å²) in [6.45, 7) is 5.83. The van der Waals surface area contributed by atoms with Gasteiger partial charge in [0.05, 0.1) is 0 Å². The van der Waals surface area contributed by atoms with Crippen LogP contribution in [-0.4, -0.2) is 42.5 Å². The van der Waals surface area contributed by atoms with Crippen LogP contribution < -0.4 is 0 Å². The Morgan fingerprint density at radius 2 is 1.94 bits per heavy atom. The number of hydrogen-bond donors (Lipinski definition) is 0. The molecule has 1 aliphatic rings. The van der Waals surface area contributed by atoms with E-state index >= 15 is 0 Å². The Balaban J connectivity index is 1.95. The fourth-order valence-corrected chi connectivity index (χ4v) is 2.38. The average molecular weight is 218 g/mol. The summed E-state index contributed by atoms with van der Waals surface area (Å²) in [6.07, 6.45) is 1.27. The van der Waals surface area contributed by atoms with Gasteiger partial charge in [0, 0.05) is 25.2 Å². The monoisotopic (exact) mass is 218 g/mol. The van der Waals surface area contributed by atoms with Gasteiger partial charge in [-0.15, -0.1) is 0 Å². The van der Waals surface area contributed by atoms with Gasteiger partial charge in [-0.1, -0.05) is 30.3 Å². The van der Waals surface area contributed by atoms with Crippen LogP contribution in [0.15, 0.2) is 30.3 Å². The molecule has 1 atom stereocenters. The van der Waals surface area contributed by atoms with Crippen LogP contribution >= 0.6 is 0 Å². The fourth-order valence-electron chi connectivity index (χ4n) is 2.38. The van der Waals surface area contributed by atoms with Gasteiger partial charge in [0.15, 0.2) is 0 Å². The van der Waals surface area contributed by atoms with E-state index in [-0.39, 0.29) is 0 Å². The van der Waals surface area contributed by atoms with Gasteiger partial charge < -0.3 is 4.90 Å². The van der Waals surface area contributed by atoms with E-state index in [2.05, 4.69) is 61.2 Å². The molecule has 1 aromatic rings. The zero-order valence-corrected chi connectivity index (χ0v) is 10.6. The molecule has 2 rings (SSSR count). The van der Waals surface area contributed by atoms with Crippen LogP contribution in [0.2, 0.25) is 0 Å². The summed E-state index contributed by atoms with van der Waals surface area (Å²) in [7, 11) is 4.37. The molecule has 88 valence electrons. The first-order valence-electron chi connectivity index (χ1n) is 6.04. The standard InChI is InChI=1S/C14H22N2/c1-14(15(2)3)9-10-16(12-14)11-13-7-5-4-6-8-13/h4-8H,9-12H2,1-3H3. The highest BCUT2D eigenvalue weighted by molar-refractivity contribution is 5.15. The fraction of sp³-hybridized carbons (Fsp3) is 0.571. The molecule has 2 nitrogen and oxygen atoms in total. The molecule has 16 heavy (non-hydrogen) atoms. The third kappa shape index (κ3) is 2.45. The maximum atomic E-state index is 2.55. The highest BCUT2D eigenvalue weighted by Crippen LogP contribution is 2.26. The van der Waals surface area contributed by atoms with E-state index in [1.54, 1.807) is 0 Å². The Morgan fingerprint density at radius 1 is 1.25 bits per heavy atom. The van der Waals surface area contributed by atoms with Gasteiger partial charge in [0.2, 0.25) is 0 Å². The lowest BCUT2D eigenvalue weighted by Gasteiger charge is -2.32. The summed E-state index contributed by atoms with van der Waals surface area (Å²) < 4.78 is 0. The van der Waals surface area contributed by atoms with E-state index in [0.29, 0.717) is 5.54 Å². The van der Waals surface area contributed by atoms with E-state index in [4.69, 9.17) is 0 Å². The van der Waals surface area contributed by atoms with Gasteiger partial charge in [-0.3, -0.25) is 4.90 Å². The number of benzene rings is 1. The molecule has 1 saturated heterocycles. The third-order valence-corrected chi connectivity index (χ3v) is 3.86. The molecule has 1 unspecified atom stereocenters. The van der Waals surface area contributed by atoms with Crippen molar-refractivity contribution in [2.75, 3.05) is 27.2 Å². The molecule has 1 aliphatic heterocycles. The van der Waals surface area contributed by atoms with Crippen LogP contribution in [-0.2, 0) is 6.54 Å². The van der Waals surface area contributed by atoms with Crippen molar-refractivity contribution in [2.45, 2.75) is 25.4 Å². The average Bonchev–Trinajstić information content (AvgIpc) is 2.63. The minimum absolute atomic E-state index is 0.356. The van der Waals surface area contributed by atoms with Crippen molar-refractivity contribution in [1.82, 2.24) is 9.80 Å². The molecule has 1 fully saturated rings. The summed E-state index contributed by atoms with van der Waals surface area (Å²) in [6, 6.07) is 10.8. The summed E-state index contributed by atoms with van der Waals surface area (Å²) in [5, 5.41) is 0. The van der Waals surface area contributed by atoms with Crippen LogP contribution in [0.1, 0.15) is 18.9 Å². The van der Waals surface area contributed by atoms with Crippen molar-refractivity contribution < 1.29 is 0 Å². The van der Waals surface area contributed by atoms with Crippen LogP contribution in [0.4, 0.5) is 0 Å². The van der Waals surface area contributed by atoms with E-state index in [1.807, 2.05) is 0 Å². The molecular formula is C14H22N2. The lowest BCUT2D eigenvalue weighted by Crippen LogP contribution is -2.43. The molecule has 0 bridgehead atoms. The molecule has 0 aromatic heterocycles. The van der Waals surface area contributed by atoms with E-state index < -0.39 is 0 Å². The van der Waals surface area contributed by atoms with E-state index in [1.165, 1.54) is 25.1 Å². The second kappa shape index (κ2) is 4.56. The minimum atomic E-state index is 0.356. The first kappa shape index (κ1) is 11.6. The van der Waals surface area contributed by atoms with Crippen molar-refractivity contribution in [3.8, 4) is 0 Å². The second-order valence-electron chi connectivity index (χ2n) is 5.34. The summed E-state index contributed by atoms with van der Waals surface area (Å²) in [5.41, 5.74) is 1.78. The molecule has 0 spiro atoms. The molecule has 2 heteroatoms. The van der Waals surface area contributed by atoms with Gasteiger partial charge in [0.25, 0.3) is 0 Å². The normalized spacial score (nSPS) is 26.5. The van der Waals surface area contributed by atoms with Crippen molar-refractivity contribution in [3.63, 3.8) is 0 Å². The Kier molecular flexibility index (Phi) is 3.31. The topological polar surface area (TPSA) is 6.48 Å². The molecule has 0 N–H and O–H groups in total. The predicted octanol–water partition coefficient (Wildman–Crippen LogP) is 2.21. The smallest absolute Gasteiger partial charge is 0.0314 e.